The molecule has 0 spiro atoms. The van der Waals surface area contributed by atoms with E-state index in [1.807, 2.05) is 11.4 Å². The molecular formula is C19H24BrF3N4. The van der Waals surface area contributed by atoms with Gasteiger partial charge in [0, 0.05) is 29.9 Å². The van der Waals surface area contributed by atoms with Crippen LogP contribution >= 0.6 is 15.9 Å². The molecule has 4 nitrogen and oxygen atoms in total. The lowest BCUT2D eigenvalue weighted by Gasteiger charge is -2.41. The highest BCUT2D eigenvalue weighted by molar-refractivity contribution is 9.10. The molecule has 8 heteroatoms. The fourth-order valence-corrected chi connectivity index (χ4v) is 5.02. The third kappa shape index (κ3) is 3.88. The summed E-state index contributed by atoms with van der Waals surface area (Å²) in [7, 11) is 0. The van der Waals surface area contributed by atoms with Gasteiger partial charge < -0.3 is 0 Å². The molecule has 1 saturated heterocycles. The number of rotatable bonds is 2. The summed E-state index contributed by atoms with van der Waals surface area (Å²) >= 11 is 3.51. The molecule has 0 amide bonds. The lowest BCUT2D eigenvalue weighted by Crippen LogP contribution is -2.45. The third-order valence-electron chi connectivity index (χ3n) is 6.17. The van der Waals surface area contributed by atoms with E-state index < -0.39 is 12.1 Å². The predicted molar refractivity (Wildman–Crippen MR) is 101 cm³/mol. The Morgan fingerprint density at radius 3 is 2.59 bits per heavy atom. The van der Waals surface area contributed by atoms with Gasteiger partial charge in [-0.2, -0.15) is 18.3 Å². The van der Waals surface area contributed by atoms with Crippen molar-refractivity contribution in [3.05, 3.63) is 28.1 Å². The minimum atomic E-state index is -4.04. The van der Waals surface area contributed by atoms with Crippen LogP contribution in [0.3, 0.4) is 0 Å². The van der Waals surface area contributed by atoms with Crippen molar-refractivity contribution in [2.24, 2.45) is 5.92 Å². The molecule has 1 aliphatic carbocycles. The molecule has 0 radical (unpaired) electrons. The van der Waals surface area contributed by atoms with E-state index in [2.05, 4.69) is 32.0 Å². The van der Waals surface area contributed by atoms with Gasteiger partial charge in [-0.25, -0.2) is 9.50 Å². The van der Waals surface area contributed by atoms with Gasteiger partial charge in [0.15, 0.2) is 5.65 Å². The van der Waals surface area contributed by atoms with Crippen LogP contribution in [0.2, 0.25) is 0 Å². The maximum atomic E-state index is 12.9. The average molecular weight is 445 g/mol. The van der Waals surface area contributed by atoms with Crippen LogP contribution in [0.15, 0.2) is 16.7 Å². The fraction of sp³-hybridized carbons (Fsp3) is 0.684. The summed E-state index contributed by atoms with van der Waals surface area (Å²) in [6, 6.07) is 2.37. The Hall–Kier alpha value is -1.15. The van der Waals surface area contributed by atoms with E-state index in [1.165, 1.54) is 0 Å². The van der Waals surface area contributed by atoms with Gasteiger partial charge in [-0.1, -0.05) is 0 Å². The van der Waals surface area contributed by atoms with Gasteiger partial charge in [0.1, 0.15) is 0 Å². The van der Waals surface area contributed by atoms with Crippen molar-refractivity contribution in [2.45, 2.75) is 63.6 Å². The topological polar surface area (TPSA) is 33.4 Å². The molecule has 2 aromatic rings. The number of nitrogens with zero attached hydrogens (tertiary/aromatic N) is 4. The van der Waals surface area contributed by atoms with Crippen molar-refractivity contribution in [1.29, 1.82) is 0 Å². The van der Waals surface area contributed by atoms with E-state index in [0.29, 0.717) is 18.8 Å². The zero-order valence-corrected chi connectivity index (χ0v) is 16.9. The molecule has 27 heavy (non-hydrogen) atoms. The number of piperidine rings is 1. The second-order valence-corrected chi connectivity index (χ2v) is 8.79. The van der Waals surface area contributed by atoms with Gasteiger partial charge in [-0.15, -0.1) is 0 Å². The largest absolute Gasteiger partial charge is 0.391 e. The quantitative estimate of drug-likeness (QED) is 0.645. The first-order valence-corrected chi connectivity index (χ1v) is 10.4. The normalized spacial score (nSPS) is 28.0. The average Bonchev–Trinajstić information content (AvgIpc) is 3.03. The van der Waals surface area contributed by atoms with Gasteiger partial charge in [0.25, 0.3) is 0 Å². The molecule has 148 valence electrons. The summed E-state index contributed by atoms with van der Waals surface area (Å²) in [6.07, 6.45) is 1.69. The molecule has 1 saturated carbocycles. The van der Waals surface area contributed by atoms with Crippen LogP contribution < -0.4 is 0 Å². The Labute approximate surface area is 165 Å². The Kier molecular flexibility index (Phi) is 5.22. The number of hydrogen-bond donors (Lipinski definition) is 0. The minimum absolute atomic E-state index is 0.265. The zero-order chi connectivity index (χ0) is 19.2. The molecule has 2 aromatic heterocycles. The number of aryl methyl sites for hydroxylation is 1. The van der Waals surface area contributed by atoms with Crippen LogP contribution in [0.1, 0.15) is 55.8 Å². The lowest BCUT2D eigenvalue weighted by molar-refractivity contribution is -0.184. The summed E-state index contributed by atoms with van der Waals surface area (Å²) in [4.78, 5) is 7.23. The summed E-state index contributed by atoms with van der Waals surface area (Å²) < 4.78 is 41.5. The molecule has 2 aliphatic rings. The molecule has 1 aliphatic heterocycles. The highest BCUT2D eigenvalue weighted by Gasteiger charge is 2.42. The maximum absolute atomic E-state index is 12.9. The zero-order valence-electron chi connectivity index (χ0n) is 15.3. The minimum Gasteiger partial charge on any atom is -0.300 e. The number of hydrogen-bond acceptors (Lipinski definition) is 3. The van der Waals surface area contributed by atoms with E-state index in [1.54, 1.807) is 6.20 Å². The van der Waals surface area contributed by atoms with E-state index >= 15 is 0 Å². The highest BCUT2D eigenvalue weighted by atomic mass is 79.9. The van der Waals surface area contributed by atoms with Crippen LogP contribution in [-0.4, -0.2) is 44.8 Å². The van der Waals surface area contributed by atoms with Crippen molar-refractivity contribution in [3.63, 3.8) is 0 Å². The molecule has 2 fully saturated rings. The van der Waals surface area contributed by atoms with Crippen LogP contribution in [0.5, 0.6) is 0 Å². The Bertz CT molecular complexity index is 811. The van der Waals surface area contributed by atoms with E-state index in [-0.39, 0.29) is 18.9 Å². The Balaban J connectivity index is 1.47. The number of halogens is 4. The molecule has 1 atom stereocenters. The summed E-state index contributed by atoms with van der Waals surface area (Å²) in [5.41, 5.74) is 2.94. The van der Waals surface area contributed by atoms with Gasteiger partial charge in [0.2, 0.25) is 0 Å². The summed E-state index contributed by atoms with van der Waals surface area (Å²) in [6.45, 7) is 3.89. The molecule has 0 bridgehead atoms. The second-order valence-electron chi connectivity index (χ2n) is 7.93. The highest BCUT2D eigenvalue weighted by Crippen LogP contribution is 2.40. The first kappa shape index (κ1) is 19.2. The number of likely N-dealkylation sites (tertiary alicyclic amines) is 1. The number of alkyl halides is 3. The third-order valence-corrected chi connectivity index (χ3v) is 6.73. The van der Waals surface area contributed by atoms with Crippen LogP contribution in [-0.2, 0) is 0 Å². The molecule has 0 aromatic carbocycles. The van der Waals surface area contributed by atoms with Crippen molar-refractivity contribution in [1.82, 2.24) is 19.5 Å². The predicted octanol–water partition coefficient (Wildman–Crippen LogP) is 5.10. The Morgan fingerprint density at radius 1 is 1.15 bits per heavy atom. The van der Waals surface area contributed by atoms with Crippen LogP contribution in [0.25, 0.3) is 5.65 Å². The molecule has 4 rings (SSSR count). The van der Waals surface area contributed by atoms with Gasteiger partial charge in [0.05, 0.1) is 16.6 Å². The van der Waals surface area contributed by atoms with Crippen LogP contribution in [0, 0.1) is 12.8 Å². The van der Waals surface area contributed by atoms with E-state index in [0.717, 1.165) is 47.4 Å². The van der Waals surface area contributed by atoms with E-state index in [4.69, 9.17) is 4.98 Å². The fourth-order valence-electron chi connectivity index (χ4n) is 4.67. The smallest absolute Gasteiger partial charge is 0.300 e. The number of fused-ring (bicyclic) bond motifs is 1. The molecule has 0 N–H and O–H groups in total. The van der Waals surface area contributed by atoms with Gasteiger partial charge in [-0.3, -0.25) is 4.90 Å². The maximum Gasteiger partial charge on any atom is 0.391 e. The van der Waals surface area contributed by atoms with Crippen molar-refractivity contribution in [2.75, 3.05) is 13.1 Å². The van der Waals surface area contributed by atoms with Crippen molar-refractivity contribution < 1.29 is 13.2 Å². The standard InChI is InChI=1S/C19H24BrF3N4/c1-12-9-17(25-18-16(20)10-24-27(12)18)13-3-2-8-26(11-13)15-6-4-14(5-7-15)19(21,22)23/h9-10,13-15H,2-8,11H2,1H3. The Morgan fingerprint density at radius 2 is 1.89 bits per heavy atom. The second kappa shape index (κ2) is 7.35. The van der Waals surface area contributed by atoms with Gasteiger partial charge in [-0.05, 0) is 74.0 Å². The molecular weight excluding hydrogens is 421 g/mol. The summed E-state index contributed by atoms with van der Waals surface area (Å²) in [5.74, 6) is -0.787. The van der Waals surface area contributed by atoms with Crippen molar-refractivity contribution in [3.8, 4) is 0 Å². The monoisotopic (exact) mass is 444 g/mol. The first-order valence-electron chi connectivity index (χ1n) is 9.64. The SMILES string of the molecule is Cc1cc(C2CCCN(C3CCC(C(F)(F)F)CC3)C2)nc2c(Br)cnn12. The van der Waals surface area contributed by atoms with Crippen LogP contribution in [0.4, 0.5) is 13.2 Å². The molecule has 3 heterocycles. The van der Waals surface area contributed by atoms with Gasteiger partial charge >= 0.3 is 6.18 Å². The summed E-state index contributed by atoms with van der Waals surface area (Å²) in [5, 5.41) is 4.32. The lowest BCUT2D eigenvalue weighted by atomic mass is 9.83. The first-order chi connectivity index (χ1) is 12.8. The van der Waals surface area contributed by atoms with E-state index in [9.17, 15) is 13.2 Å². The van der Waals surface area contributed by atoms with Crippen molar-refractivity contribution >= 4 is 21.6 Å². The number of aromatic nitrogens is 3. The molecule has 1 unspecified atom stereocenters.